The number of fused-ring (bicyclic) bond motifs is 8. The van der Waals surface area contributed by atoms with Gasteiger partial charge in [0.05, 0.1) is 0 Å². The van der Waals surface area contributed by atoms with Crippen LogP contribution in [0.25, 0.3) is 76.9 Å². The molecule has 1 nitrogen and oxygen atoms in total. The van der Waals surface area contributed by atoms with Crippen molar-refractivity contribution < 1.29 is 4.42 Å². The van der Waals surface area contributed by atoms with Gasteiger partial charge in [-0.05, 0) is 96.4 Å². The summed E-state index contributed by atoms with van der Waals surface area (Å²) < 4.78 is 6.29. The zero-order chi connectivity index (χ0) is 28.0. The topological polar surface area (TPSA) is 13.1 Å². The van der Waals surface area contributed by atoms with Gasteiger partial charge in [-0.1, -0.05) is 117 Å². The summed E-state index contributed by atoms with van der Waals surface area (Å²) in [5, 5.41) is 7.27. The fourth-order valence-electron chi connectivity index (χ4n) is 7.30. The summed E-state index contributed by atoms with van der Waals surface area (Å²) in [5.74, 6) is 0. The Kier molecular flexibility index (Phi) is 4.73. The summed E-state index contributed by atoms with van der Waals surface area (Å²) in [6, 6.07) is 48.8. The minimum absolute atomic E-state index is 0.0220. The maximum Gasteiger partial charge on any atom is 0.136 e. The standard InChI is InChI=1S/C41H28O/c1-41(2)37-14-8-7-13-33(37)34-17-15-28(23-38(34)41)30-19-18-29(31-11-5-6-12-32(30)31)27-16-20-39-35(22-27)36-21-25-9-3-4-10-26(25)24-40(36)42-39/h3-24H,1-2H3. The minimum atomic E-state index is -0.0220. The number of hydrogen-bond acceptors (Lipinski definition) is 1. The van der Waals surface area contributed by atoms with Crippen LogP contribution >= 0.6 is 0 Å². The van der Waals surface area contributed by atoms with E-state index in [0.717, 1.165) is 21.9 Å². The summed E-state index contributed by atoms with van der Waals surface area (Å²) in [6.45, 7) is 4.70. The Hall–Kier alpha value is -5.14. The highest BCUT2D eigenvalue weighted by atomic mass is 16.3. The molecule has 0 radical (unpaired) electrons. The van der Waals surface area contributed by atoms with Gasteiger partial charge in [-0.3, -0.25) is 0 Å². The molecule has 1 aromatic heterocycles. The van der Waals surface area contributed by atoms with E-state index >= 15 is 0 Å². The van der Waals surface area contributed by atoms with Gasteiger partial charge in [0.25, 0.3) is 0 Å². The van der Waals surface area contributed by atoms with Crippen LogP contribution < -0.4 is 0 Å². The molecular weight excluding hydrogens is 508 g/mol. The maximum atomic E-state index is 6.29. The molecule has 1 heteroatoms. The lowest BCUT2D eigenvalue weighted by atomic mass is 9.81. The molecule has 0 amide bonds. The van der Waals surface area contributed by atoms with Gasteiger partial charge in [-0.2, -0.15) is 0 Å². The zero-order valence-corrected chi connectivity index (χ0v) is 23.6. The van der Waals surface area contributed by atoms with E-state index in [1.54, 1.807) is 0 Å². The molecule has 0 saturated heterocycles. The Morgan fingerprint density at radius 1 is 0.405 bits per heavy atom. The first-order valence-corrected chi connectivity index (χ1v) is 14.7. The second-order valence-corrected chi connectivity index (χ2v) is 12.1. The second-order valence-electron chi connectivity index (χ2n) is 12.1. The highest BCUT2D eigenvalue weighted by Gasteiger charge is 2.35. The van der Waals surface area contributed by atoms with Crippen LogP contribution in [0.1, 0.15) is 25.0 Å². The van der Waals surface area contributed by atoms with E-state index in [-0.39, 0.29) is 5.41 Å². The normalized spacial score (nSPS) is 13.7. The number of furan rings is 1. The summed E-state index contributed by atoms with van der Waals surface area (Å²) in [5.41, 5.74) is 12.3. The third-order valence-electron chi connectivity index (χ3n) is 9.47. The fourth-order valence-corrected chi connectivity index (χ4v) is 7.30. The minimum Gasteiger partial charge on any atom is -0.456 e. The van der Waals surface area contributed by atoms with E-state index in [2.05, 4.69) is 147 Å². The van der Waals surface area contributed by atoms with Crippen molar-refractivity contribution in [2.75, 3.05) is 0 Å². The van der Waals surface area contributed by atoms with Gasteiger partial charge >= 0.3 is 0 Å². The first-order chi connectivity index (χ1) is 20.6. The molecule has 8 aromatic rings. The summed E-state index contributed by atoms with van der Waals surface area (Å²) in [6.07, 6.45) is 0. The van der Waals surface area contributed by atoms with Crippen LogP contribution in [-0.2, 0) is 5.41 Å². The smallest absolute Gasteiger partial charge is 0.136 e. The van der Waals surface area contributed by atoms with E-state index in [4.69, 9.17) is 4.42 Å². The van der Waals surface area contributed by atoms with Crippen molar-refractivity contribution >= 4 is 43.5 Å². The Bertz CT molecular complexity index is 2380. The van der Waals surface area contributed by atoms with Crippen molar-refractivity contribution in [3.8, 4) is 33.4 Å². The van der Waals surface area contributed by atoms with E-state index in [9.17, 15) is 0 Å². The first-order valence-electron chi connectivity index (χ1n) is 14.7. The second kappa shape index (κ2) is 8.44. The molecule has 0 saturated carbocycles. The zero-order valence-electron chi connectivity index (χ0n) is 23.6. The van der Waals surface area contributed by atoms with Crippen LogP contribution in [0.15, 0.2) is 138 Å². The van der Waals surface area contributed by atoms with Gasteiger partial charge < -0.3 is 4.42 Å². The van der Waals surface area contributed by atoms with E-state index < -0.39 is 0 Å². The van der Waals surface area contributed by atoms with Crippen LogP contribution in [0.2, 0.25) is 0 Å². The van der Waals surface area contributed by atoms with Gasteiger partial charge in [0.15, 0.2) is 0 Å². The molecule has 1 aliphatic carbocycles. The third kappa shape index (κ3) is 3.25. The molecule has 0 aliphatic heterocycles. The molecule has 0 unspecified atom stereocenters. The quantitative estimate of drug-likeness (QED) is 0.214. The third-order valence-corrected chi connectivity index (χ3v) is 9.47. The number of rotatable bonds is 2. The average Bonchev–Trinajstić information content (AvgIpc) is 3.50. The van der Waals surface area contributed by atoms with Gasteiger partial charge in [-0.15, -0.1) is 0 Å². The van der Waals surface area contributed by atoms with E-state index in [1.165, 1.54) is 66.1 Å². The molecule has 0 fully saturated rings. The molecule has 198 valence electrons. The Balaban J connectivity index is 1.21. The van der Waals surface area contributed by atoms with Crippen LogP contribution in [0.4, 0.5) is 0 Å². The van der Waals surface area contributed by atoms with Crippen LogP contribution in [0, 0.1) is 0 Å². The average molecular weight is 537 g/mol. The Labute approximate surface area is 244 Å². The van der Waals surface area contributed by atoms with Crippen molar-refractivity contribution in [3.63, 3.8) is 0 Å². The van der Waals surface area contributed by atoms with Crippen molar-refractivity contribution in [2.45, 2.75) is 19.3 Å². The maximum absolute atomic E-state index is 6.29. The molecule has 42 heavy (non-hydrogen) atoms. The molecule has 0 N–H and O–H groups in total. The van der Waals surface area contributed by atoms with Crippen molar-refractivity contribution in [3.05, 3.63) is 145 Å². The van der Waals surface area contributed by atoms with Crippen molar-refractivity contribution in [1.82, 2.24) is 0 Å². The summed E-state index contributed by atoms with van der Waals surface area (Å²) >= 11 is 0. The SMILES string of the molecule is CC1(C)c2ccccc2-c2ccc(-c3ccc(-c4ccc5oc6cc7ccccc7cc6c5c4)c4ccccc34)cc21. The van der Waals surface area contributed by atoms with E-state index in [1.807, 2.05) is 0 Å². The summed E-state index contributed by atoms with van der Waals surface area (Å²) in [7, 11) is 0. The molecule has 1 aliphatic rings. The molecule has 9 rings (SSSR count). The van der Waals surface area contributed by atoms with Gasteiger partial charge in [-0.25, -0.2) is 0 Å². The predicted octanol–water partition coefficient (Wildman–Crippen LogP) is 11.5. The molecule has 0 bridgehead atoms. The van der Waals surface area contributed by atoms with Crippen LogP contribution in [0.3, 0.4) is 0 Å². The van der Waals surface area contributed by atoms with Gasteiger partial charge in [0.2, 0.25) is 0 Å². The lowest BCUT2D eigenvalue weighted by Crippen LogP contribution is -2.14. The summed E-state index contributed by atoms with van der Waals surface area (Å²) in [4.78, 5) is 0. The monoisotopic (exact) mass is 536 g/mol. The fraction of sp³-hybridized carbons (Fsp3) is 0.0732. The van der Waals surface area contributed by atoms with Gasteiger partial charge in [0.1, 0.15) is 11.2 Å². The van der Waals surface area contributed by atoms with E-state index in [0.29, 0.717) is 0 Å². The van der Waals surface area contributed by atoms with Crippen LogP contribution in [0.5, 0.6) is 0 Å². The number of benzene rings is 7. The molecule has 1 heterocycles. The lowest BCUT2D eigenvalue weighted by Gasteiger charge is -2.22. The molecule has 0 spiro atoms. The van der Waals surface area contributed by atoms with Crippen LogP contribution in [-0.4, -0.2) is 0 Å². The van der Waals surface area contributed by atoms with Crippen molar-refractivity contribution in [2.24, 2.45) is 0 Å². The molecule has 0 atom stereocenters. The highest BCUT2D eigenvalue weighted by molar-refractivity contribution is 6.12. The largest absolute Gasteiger partial charge is 0.456 e. The Morgan fingerprint density at radius 3 is 1.76 bits per heavy atom. The van der Waals surface area contributed by atoms with Gasteiger partial charge in [0, 0.05) is 16.2 Å². The Morgan fingerprint density at radius 2 is 0.976 bits per heavy atom. The van der Waals surface area contributed by atoms with Crippen molar-refractivity contribution in [1.29, 1.82) is 0 Å². The predicted molar refractivity (Wildman–Crippen MR) is 177 cm³/mol. The lowest BCUT2D eigenvalue weighted by molar-refractivity contribution is 0.660. The highest BCUT2D eigenvalue weighted by Crippen LogP contribution is 2.50. The first kappa shape index (κ1) is 23.6. The molecular formula is C41H28O. The molecule has 7 aromatic carbocycles. The number of hydrogen-bond donors (Lipinski definition) is 0.